The summed E-state index contributed by atoms with van der Waals surface area (Å²) in [6.45, 7) is 4.89. The lowest BCUT2D eigenvalue weighted by atomic mass is 9.95. The highest BCUT2D eigenvalue weighted by Gasteiger charge is 2.14. The molecule has 6 rings (SSSR count). The van der Waals surface area contributed by atoms with Gasteiger partial charge in [0.25, 0.3) is 0 Å². The molecule has 0 atom stereocenters. The molecule has 40 heavy (non-hydrogen) atoms. The maximum Gasteiger partial charge on any atom is 0.178 e. The van der Waals surface area contributed by atoms with Crippen LogP contribution in [0.4, 0.5) is 0 Å². The number of hydrogen-bond acceptors (Lipinski definition) is 4. The highest BCUT2D eigenvalue weighted by molar-refractivity contribution is 7.85. The van der Waals surface area contributed by atoms with E-state index in [-0.39, 0.29) is 4.90 Å². The van der Waals surface area contributed by atoms with E-state index < -0.39 is 10.1 Å². The van der Waals surface area contributed by atoms with Gasteiger partial charge >= 0.3 is 0 Å². The third kappa shape index (κ3) is 6.05. The molecule has 5 nitrogen and oxygen atoms in total. The highest BCUT2D eigenvalue weighted by atomic mass is 35.5. The minimum atomic E-state index is -4.27. The number of benzene rings is 4. The Morgan fingerprint density at radius 3 is 2.27 bits per heavy atom. The Labute approximate surface area is 239 Å². The largest absolute Gasteiger partial charge is 0.744 e. The summed E-state index contributed by atoms with van der Waals surface area (Å²) in [4.78, 5) is 4.86. The summed E-state index contributed by atoms with van der Waals surface area (Å²) in [5, 5.41) is 4.34. The quantitative estimate of drug-likeness (QED) is 0.125. The fourth-order valence-corrected chi connectivity index (χ4v) is 5.18. The van der Waals surface area contributed by atoms with Gasteiger partial charge in [0.15, 0.2) is 12.4 Å². The number of rotatable bonds is 4. The molecule has 0 amide bonds. The first kappa shape index (κ1) is 27.5. The van der Waals surface area contributed by atoms with Gasteiger partial charge in [-0.3, -0.25) is 0 Å². The minimum absolute atomic E-state index is 0.178. The van der Waals surface area contributed by atoms with Crippen molar-refractivity contribution in [2.45, 2.75) is 25.3 Å². The van der Waals surface area contributed by atoms with Gasteiger partial charge in [-0.25, -0.2) is 18.0 Å². The first-order chi connectivity index (χ1) is 19.2. The van der Waals surface area contributed by atoms with Crippen molar-refractivity contribution in [3.63, 3.8) is 0 Å². The van der Waals surface area contributed by atoms with Gasteiger partial charge in [-0.05, 0) is 78.2 Å². The number of nitrogens with zero attached hydrogens (tertiary/aromatic N) is 2. The van der Waals surface area contributed by atoms with Crippen LogP contribution in [0.15, 0.2) is 120 Å². The monoisotopic (exact) mass is 566 g/mol. The summed E-state index contributed by atoms with van der Waals surface area (Å²) in [7, 11) is -4.27. The molecule has 0 spiro atoms. The van der Waals surface area contributed by atoms with Crippen LogP contribution in [-0.4, -0.2) is 18.0 Å². The molecule has 0 fully saturated rings. The highest BCUT2D eigenvalue weighted by Crippen LogP contribution is 2.36. The van der Waals surface area contributed by atoms with E-state index in [0.717, 1.165) is 39.5 Å². The Kier molecular flexibility index (Phi) is 7.94. The van der Waals surface area contributed by atoms with Crippen LogP contribution in [0.5, 0.6) is 0 Å². The van der Waals surface area contributed by atoms with Crippen LogP contribution in [0.2, 0.25) is 5.02 Å². The molecule has 2 aromatic heterocycles. The average Bonchev–Trinajstić information content (AvgIpc) is 2.97. The summed E-state index contributed by atoms with van der Waals surface area (Å²) in [6.07, 6.45) is 4.24. The second-order valence-electron chi connectivity index (χ2n) is 9.43. The molecule has 0 saturated carbocycles. The number of fused-ring (bicyclic) bond motifs is 3. The van der Waals surface area contributed by atoms with Crippen LogP contribution in [0, 0.1) is 6.92 Å². The van der Waals surface area contributed by atoms with Crippen LogP contribution in [-0.2, 0) is 16.7 Å². The Balaban J connectivity index is 0.000000248. The lowest BCUT2D eigenvalue weighted by Crippen LogP contribution is -2.30. The molecule has 0 bridgehead atoms. The number of pyridine rings is 2. The lowest BCUT2D eigenvalue weighted by molar-refractivity contribution is -0.693. The van der Waals surface area contributed by atoms with E-state index in [1.165, 1.54) is 33.9 Å². The molecule has 0 aliphatic carbocycles. The van der Waals surface area contributed by atoms with Crippen LogP contribution in [0.25, 0.3) is 44.1 Å². The van der Waals surface area contributed by atoms with E-state index in [1.54, 1.807) is 12.1 Å². The molecule has 0 N–H and O–H groups in total. The summed E-state index contributed by atoms with van der Waals surface area (Å²) < 4.78 is 33.3. The number of aryl methyl sites for hydroxylation is 2. The predicted octanol–water partition coefficient (Wildman–Crippen LogP) is 7.58. The summed E-state index contributed by atoms with van der Waals surface area (Å²) in [5.74, 6) is 0. The second kappa shape index (κ2) is 11.6. The smallest absolute Gasteiger partial charge is 0.178 e. The van der Waals surface area contributed by atoms with E-state index in [0.29, 0.717) is 0 Å². The number of halogens is 1. The van der Waals surface area contributed by atoms with Gasteiger partial charge in [-0.1, -0.05) is 71.8 Å². The maximum atomic E-state index is 10.4. The maximum absolute atomic E-state index is 10.4. The fraction of sp³-hybridized carbons (Fsp3) is 0.0909. The molecule has 2 heterocycles. The first-order valence-electron chi connectivity index (χ1n) is 12.8. The van der Waals surface area contributed by atoms with Crippen molar-refractivity contribution in [2.75, 3.05) is 0 Å². The zero-order valence-corrected chi connectivity index (χ0v) is 23.7. The Hall–Kier alpha value is -4.10. The van der Waals surface area contributed by atoms with Gasteiger partial charge in [-0.2, -0.15) is 0 Å². The van der Waals surface area contributed by atoms with Crippen LogP contribution < -0.4 is 4.57 Å². The zero-order valence-electron chi connectivity index (χ0n) is 22.1. The molecule has 200 valence electrons. The SMILES string of the molecule is CC[n+]1cccc(-c2cc(-c3ccc(Cl)cc3)c3c(ccc4ccccc43)n2)c1.Cc1ccc(S(=O)(=O)[O-])cc1. The van der Waals surface area contributed by atoms with Crippen molar-refractivity contribution in [3.8, 4) is 22.4 Å². The van der Waals surface area contributed by atoms with Gasteiger partial charge in [0, 0.05) is 16.5 Å². The topological polar surface area (TPSA) is 74.0 Å². The van der Waals surface area contributed by atoms with Crippen molar-refractivity contribution in [3.05, 3.63) is 126 Å². The lowest BCUT2D eigenvalue weighted by Gasteiger charge is -2.13. The number of hydrogen-bond donors (Lipinski definition) is 0. The van der Waals surface area contributed by atoms with Crippen molar-refractivity contribution in [1.82, 2.24) is 4.98 Å². The standard InChI is InChI=1S/C26H20ClN2.C7H8O3S/c1-2-29-15-5-7-20(17-29)25-16-23(19-9-12-21(27)13-10-19)26-22-8-4-3-6-18(22)11-14-24(26)28-25;1-6-2-4-7(5-3-6)11(8,9)10/h3-17H,2H2,1H3;2-5H,1H3,(H,8,9,10)/q+1;/p-1. The fourth-order valence-electron chi connectivity index (χ4n) is 4.59. The molecular formula is C33H27ClN2O3S. The molecule has 6 aromatic rings. The molecule has 4 aromatic carbocycles. The molecular weight excluding hydrogens is 540 g/mol. The molecule has 0 unspecified atom stereocenters. The van der Waals surface area contributed by atoms with E-state index in [2.05, 4.69) is 90.6 Å². The van der Waals surface area contributed by atoms with Crippen molar-refractivity contribution < 1.29 is 17.5 Å². The summed E-state index contributed by atoms with van der Waals surface area (Å²) in [6, 6.07) is 33.0. The Morgan fingerprint density at radius 2 is 1.57 bits per heavy atom. The van der Waals surface area contributed by atoms with Gasteiger partial charge in [0.2, 0.25) is 0 Å². The van der Waals surface area contributed by atoms with Crippen molar-refractivity contribution in [1.29, 1.82) is 0 Å². The Bertz CT molecular complexity index is 1920. The zero-order chi connectivity index (χ0) is 28.3. The predicted molar refractivity (Wildman–Crippen MR) is 160 cm³/mol. The van der Waals surface area contributed by atoms with Gasteiger partial charge < -0.3 is 4.55 Å². The minimum Gasteiger partial charge on any atom is -0.744 e. The summed E-state index contributed by atoms with van der Waals surface area (Å²) >= 11 is 6.16. The number of aromatic nitrogens is 2. The van der Waals surface area contributed by atoms with E-state index in [9.17, 15) is 13.0 Å². The van der Waals surface area contributed by atoms with Crippen LogP contribution in [0.1, 0.15) is 12.5 Å². The van der Waals surface area contributed by atoms with E-state index in [1.807, 2.05) is 19.1 Å². The normalized spacial score (nSPS) is 11.3. The van der Waals surface area contributed by atoms with Crippen molar-refractivity contribution >= 4 is 43.4 Å². The van der Waals surface area contributed by atoms with Gasteiger partial charge in [0.1, 0.15) is 16.7 Å². The van der Waals surface area contributed by atoms with E-state index >= 15 is 0 Å². The van der Waals surface area contributed by atoms with Crippen LogP contribution in [0.3, 0.4) is 0 Å². The van der Waals surface area contributed by atoms with Gasteiger partial charge in [0.05, 0.1) is 21.7 Å². The van der Waals surface area contributed by atoms with Crippen LogP contribution >= 0.6 is 11.6 Å². The molecule has 0 saturated heterocycles. The molecule has 0 aliphatic rings. The Morgan fingerprint density at radius 1 is 0.850 bits per heavy atom. The molecule has 0 aliphatic heterocycles. The first-order valence-corrected chi connectivity index (χ1v) is 14.6. The third-order valence-corrected chi connectivity index (χ3v) is 7.78. The molecule has 0 radical (unpaired) electrons. The van der Waals surface area contributed by atoms with Gasteiger partial charge in [-0.15, -0.1) is 0 Å². The third-order valence-electron chi connectivity index (χ3n) is 6.68. The van der Waals surface area contributed by atoms with E-state index in [4.69, 9.17) is 16.6 Å². The average molecular weight is 567 g/mol. The van der Waals surface area contributed by atoms with Crippen molar-refractivity contribution in [2.24, 2.45) is 0 Å². The summed E-state index contributed by atoms with van der Waals surface area (Å²) in [5.41, 5.74) is 6.32. The molecule has 7 heteroatoms. The second-order valence-corrected chi connectivity index (χ2v) is 11.2.